The molecule has 230 valence electrons. The number of hydrogen-bond acceptors (Lipinski definition) is 2. The zero-order valence-electron chi connectivity index (χ0n) is 26.8. The van der Waals surface area contributed by atoms with Crippen molar-refractivity contribution in [1.29, 1.82) is 0 Å². The van der Waals surface area contributed by atoms with Gasteiger partial charge >= 0.3 is 0 Å². The van der Waals surface area contributed by atoms with Crippen LogP contribution in [0.25, 0.3) is 110 Å². The Morgan fingerprint density at radius 2 is 1.06 bits per heavy atom. The van der Waals surface area contributed by atoms with Crippen LogP contribution in [0.15, 0.2) is 158 Å². The molecule has 0 radical (unpaired) electrons. The predicted molar refractivity (Wildman–Crippen MR) is 209 cm³/mol. The topological polar surface area (TPSA) is 35.1 Å². The van der Waals surface area contributed by atoms with Crippen LogP contribution in [0.1, 0.15) is 0 Å². The Labute approximate surface area is 285 Å². The summed E-state index contributed by atoms with van der Waals surface area (Å²) in [6.45, 7) is 0. The summed E-state index contributed by atoms with van der Waals surface area (Å²) >= 11 is 0. The molecule has 0 aliphatic rings. The molecule has 0 N–H and O–H groups in total. The SMILES string of the molecule is c1ccc2cc(-c3nc(-n4c5ccccc5c5cc6c7c8ccccc8ccc7n7c8ccccc8c(c54)c67)c4ccccc4n3)ccc2c1. The maximum Gasteiger partial charge on any atom is 0.162 e. The van der Waals surface area contributed by atoms with Crippen molar-refractivity contribution in [3.05, 3.63) is 158 Å². The van der Waals surface area contributed by atoms with Gasteiger partial charge in [-0.2, -0.15) is 0 Å². The van der Waals surface area contributed by atoms with E-state index in [0.29, 0.717) is 5.82 Å². The van der Waals surface area contributed by atoms with Gasteiger partial charge in [0.25, 0.3) is 0 Å². The normalized spacial score (nSPS) is 12.4. The summed E-state index contributed by atoms with van der Waals surface area (Å²) in [6, 6.07) is 56.8. The zero-order chi connectivity index (χ0) is 32.5. The summed E-state index contributed by atoms with van der Waals surface area (Å²) in [5.74, 6) is 1.60. The van der Waals surface area contributed by atoms with E-state index < -0.39 is 0 Å². The van der Waals surface area contributed by atoms with Crippen molar-refractivity contribution in [3.8, 4) is 17.2 Å². The summed E-state index contributed by atoms with van der Waals surface area (Å²) in [4.78, 5) is 10.6. The molecule has 12 rings (SSSR count). The monoisotopic (exact) mass is 634 g/mol. The number of aromatic nitrogens is 4. The Kier molecular flexibility index (Phi) is 4.94. The largest absolute Gasteiger partial charge is 0.308 e. The molecule has 8 aromatic carbocycles. The first kappa shape index (κ1) is 26.2. The molecule has 0 atom stereocenters. The van der Waals surface area contributed by atoms with Gasteiger partial charge in [-0.1, -0.05) is 115 Å². The predicted octanol–water partition coefficient (Wildman–Crippen LogP) is 11.9. The van der Waals surface area contributed by atoms with Gasteiger partial charge in [-0.15, -0.1) is 0 Å². The highest BCUT2D eigenvalue weighted by Gasteiger charge is 2.26. The van der Waals surface area contributed by atoms with Crippen molar-refractivity contribution >= 4 is 92.3 Å². The van der Waals surface area contributed by atoms with Crippen LogP contribution in [0.4, 0.5) is 0 Å². The minimum Gasteiger partial charge on any atom is -0.308 e. The van der Waals surface area contributed by atoms with Crippen LogP contribution in [0.3, 0.4) is 0 Å². The number of rotatable bonds is 2. The highest BCUT2D eigenvalue weighted by atomic mass is 15.1. The molecule has 0 aliphatic carbocycles. The van der Waals surface area contributed by atoms with Crippen molar-refractivity contribution < 1.29 is 0 Å². The first-order valence-electron chi connectivity index (χ1n) is 17.1. The van der Waals surface area contributed by atoms with Crippen LogP contribution < -0.4 is 0 Å². The van der Waals surface area contributed by atoms with Crippen LogP contribution in [0.2, 0.25) is 0 Å². The molecule has 0 saturated heterocycles. The minimum absolute atomic E-state index is 0.717. The van der Waals surface area contributed by atoms with Crippen molar-refractivity contribution in [1.82, 2.24) is 18.9 Å². The van der Waals surface area contributed by atoms with Crippen LogP contribution >= 0.6 is 0 Å². The third-order valence-electron chi connectivity index (χ3n) is 10.8. The molecule has 12 aromatic rings. The van der Waals surface area contributed by atoms with E-state index in [1.54, 1.807) is 0 Å². The lowest BCUT2D eigenvalue weighted by molar-refractivity contribution is 1.08. The van der Waals surface area contributed by atoms with Gasteiger partial charge in [0.2, 0.25) is 0 Å². The molecule has 0 aliphatic heterocycles. The van der Waals surface area contributed by atoms with E-state index in [0.717, 1.165) is 27.8 Å². The third kappa shape index (κ3) is 3.30. The highest BCUT2D eigenvalue weighted by Crippen LogP contribution is 2.48. The first-order chi connectivity index (χ1) is 24.8. The molecular formula is C46H26N4. The number of benzene rings is 8. The highest BCUT2D eigenvalue weighted by molar-refractivity contribution is 6.36. The maximum atomic E-state index is 5.48. The van der Waals surface area contributed by atoms with Crippen LogP contribution in [-0.4, -0.2) is 18.9 Å². The average Bonchev–Trinajstić information content (AvgIpc) is 3.82. The van der Waals surface area contributed by atoms with E-state index >= 15 is 0 Å². The molecule has 0 unspecified atom stereocenters. The Morgan fingerprint density at radius 3 is 1.94 bits per heavy atom. The molecule has 4 aromatic heterocycles. The average molecular weight is 635 g/mol. The fraction of sp³-hybridized carbons (Fsp3) is 0. The van der Waals surface area contributed by atoms with Crippen LogP contribution in [0, 0.1) is 0 Å². The molecule has 0 saturated carbocycles. The van der Waals surface area contributed by atoms with E-state index in [1.165, 1.54) is 75.9 Å². The lowest BCUT2D eigenvalue weighted by atomic mass is 10.00. The van der Waals surface area contributed by atoms with E-state index in [1.807, 2.05) is 0 Å². The second-order valence-electron chi connectivity index (χ2n) is 13.4. The summed E-state index contributed by atoms with van der Waals surface area (Å²) in [5.41, 5.74) is 7.93. The smallest absolute Gasteiger partial charge is 0.162 e. The minimum atomic E-state index is 0.717. The van der Waals surface area contributed by atoms with Gasteiger partial charge in [-0.25, -0.2) is 9.97 Å². The summed E-state index contributed by atoms with van der Waals surface area (Å²) in [6.07, 6.45) is 0. The standard InChI is InChI=1S/C46H26N4/c1-2-13-29-25-30(22-21-27(29)11-1)45-47-37-18-8-5-16-33(37)46(48-45)50-38-19-9-6-15-32(38)35-26-36-41-31-14-4-3-12-28(31)23-24-40(41)49-39-20-10-7-17-34(39)42(43(35)50)44(36)49/h1-26H. The van der Waals surface area contributed by atoms with Crippen molar-refractivity contribution in [2.45, 2.75) is 0 Å². The summed E-state index contributed by atoms with van der Waals surface area (Å²) in [7, 11) is 0. The molecule has 50 heavy (non-hydrogen) atoms. The van der Waals surface area contributed by atoms with Crippen molar-refractivity contribution in [2.24, 2.45) is 0 Å². The van der Waals surface area contributed by atoms with Crippen molar-refractivity contribution in [3.63, 3.8) is 0 Å². The van der Waals surface area contributed by atoms with Gasteiger partial charge in [0, 0.05) is 43.3 Å². The molecule has 0 fully saturated rings. The van der Waals surface area contributed by atoms with E-state index in [4.69, 9.17) is 9.97 Å². The second-order valence-corrected chi connectivity index (χ2v) is 13.4. The van der Waals surface area contributed by atoms with E-state index in [9.17, 15) is 0 Å². The Hall–Kier alpha value is -6.78. The third-order valence-corrected chi connectivity index (χ3v) is 10.8. The Balaban J connectivity index is 1.30. The number of fused-ring (bicyclic) bond motifs is 14. The molecule has 0 bridgehead atoms. The maximum absolute atomic E-state index is 5.48. The van der Waals surface area contributed by atoms with Crippen LogP contribution in [-0.2, 0) is 0 Å². The summed E-state index contributed by atoms with van der Waals surface area (Å²) < 4.78 is 4.90. The lowest BCUT2D eigenvalue weighted by Gasteiger charge is -2.13. The number of nitrogens with zero attached hydrogens (tertiary/aromatic N) is 4. The first-order valence-corrected chi connectivity index (χ1v) is 17.1. The molecule has 4 heteroatoms. The summed E-state index contributed by atoms with van der Waals surface area (Å²) in [5, 5.41) is 13.4. The van der Waals surface area contributed by atoms with E-state index in [-0.39, 0.29) is 0 Å². The fourth-order valence-corrected chi connectivity index (χ4v) is 8.68. The fourth-order valence-electron chi connectivity index (χ4n) is 8.68. The zero-order valence-corrected chi connectivity index (χ0v) is 26.8. The van der Waals surface area contributed by atoms with Gasteiger partial charge < -0.3 is 4.40 Å². The molecule has 4 heterocycles. The molecule has 0 spiro atoms. The van der Waals surface area contributed by atoms with Gasteiger partial charge in [0.05, 0.1) is 33.1 Å². The van der Waals surface area contributed by atoms with Gasteiger partial charge in [-0.3, -0.25) is 4.57 Å². The number of para-hydroxylation sites is 3. The number of hydrogen-bond donors (Lipinski definition) is 0. The molecule has 0 amide bonds. The van der Waals surface area contributed by atoms with Gasteiger partial charge in [-0.05, 0) is 64.0 Å². The second kappa shape index (κ2) is 9.43. The van der Waals surface area contributed by atoms with Crippen LogP contribution in [0.5, 0.6) is 0 Å². The Bertz CT molecular complexity index is 3380. The van der Waals surface area contributed by atoms with Gasteiger partial charge in [0.1, 0.15) is 5.82 Å². The Morgan fingerprint density at radius 1 is 0.380 bits per heavy atom. The van der Waals surface area contributed by atoms with Crippen molar-refractivity contribution in [2.75, 3.05) is 0 Å². The molecular weight excluding hydrogens is 609 g/mol. The van der Waals surface area contributed by atoms with Gasteiger partial charge in [0.15, 0.2) is 5.82 Å². The molecule has 4 nitrogen and oxygen atoms in total. The van der Waals surface area contributed by atoms with E-state index in [2.05, 4.69) is 167 Å². The quantitative estimate of drug-likeness (QED) is 0.190. The lowest BCUT2D eigenvalue weighted by Crippen LogP contribution is -2.03.